The van der Waals surface area contributed by atoms with Crippen LogP contribution in [0.5, 0.6) is 0 Å². The summed E-state index contributed by atoms with van der Waals surface area (Å²) in [6.45, 7) is 16.3. The first-order valence-corrected chi connectivity index (χ1v) is 32.7. The second-order valence-corrected chi connectivity index (χ2v) is 26.4. The van der Waals surface area contributed by atoms with Gasteiger partial charge in [-0.2, -0.15) is 47.0 Å². The summed E-state index contributed by atoms with van der Waals surface area (Å²) in [7, 11) is 0. The van der Waals surface area contributed by atoms with Crippen molar-refractivity contribution >= 4 is 70.9 Å². The van der Waals surface area contributed by atoms with E-state index in [0.717, 1.165) is 48.7 Å². The van der Waals surface area contributed by atoms with Crippen LogP contribution in [0.3, 0.4) is 0 Å². The molecule has 8 nitrogen and oxygen atoms in total. The van der Waals surface area contributed by atoms with Crippen LogP contribution in [0.2, 0.25) is 0 Å². The van der Waals surface area contributed by atoms with Crippen molar-refractivity contribution in [2.75, 3.05) is 49.4 Å². The Kier molecular flexibility index (Phi) is 49.0. The summed E-state index contributed by atoms with van der Waals surface area (Å²) in [4.78, 5) is 53.8. The van der Waals surface area contributed by atoms with Crippen molar-refractivity contribution in [2.45, 2.75) is 282 Å². The maximum atomic E-state index is 13.5. The van der Waals surface area contributed by atoms with Gasteiger partial charge in [0.25, 0.3) is 0 Å². The van der Waals surface area contributed by atoms with Gasteiger partial charge >= 0.3 is 23.9 Å². The fourth-order valence-electron chi connectivity index (χ4n) is 7.97. The van der Waals surface area contributed by atoms with E-state index in [0.29, 0.717) is 0 Å². The Balaban J connectivity index is 5.85. The smallest absolute Gasteiger partial charge is 0.306 e. The predicted octanol–water partition coefficient (Wildman–Crippen LogP) is 17.2. The zero-order valence-corrected chi connectivity index (χ0v) is 49.3. The molecule has 0 bridgehead atoms. The molecule has 408 valence electrons. The van der Waals surface area contributed by atoms with Gasteiger partial charge in [-0.3, -0.25) is 19.2 Å². The maximum absolute atomic E-state index is 13.5. The number of hydrogen-bond donors (Lipinski definition) is 0. The van der Waals surface area contributed by atoms with Crippen LogP contribution in [0.1, 0.15) is 261 Å². The zero-order valence-electron chi connectivity index (χ0n) is 46.0. The van der Waals surface area contributed by atoms with Crippen molar-refractivity contribution in [1.29, 1.82) is 0 Å². The quantitative estimate of drug-likeness (QED) is 0.0329. The molecule has 0 aromatic heterocycles. The molecule has 69 heavy (non-hydrogen) atoms. The molecule has 4 atom stereocenters. The molecule has 0 rings (SSSR count). The van der Waals surface area contributed by atoms with E-state index in [1.807, 2.05) is 0 Å². The minimum Gasteiger partial charge on any atom is -0.465 e. The lowest BCUT2D eigenvalue weighted by atomic mass is 9.92. The highest BCUT2D eigenvalue weighted by molar-refractivity contribution is 8.00. The number of hydrogen-bond acceptors (Lipinski definition) is 12. The summed E-state index contributed by atoms with van der Waals surface area (Å²) in [6.07, 6.45) is 35.8. The van der Waals surface area contributed by atoms with Gasteiger partial charge in [0.1, 0.15) is 31.8 Å². The van der Waals surface area contributed by atoms with Gasteiger partial charge in [-0.1, -0.05) is 209 Å². The molecule has 0 spiro atoms. The summed E-state index contributed by atoms with van der Waals surface area (Å²) in [5.41, 5.74) is -1.26. The molecule has 4 unspecified atom stereocenters. The normalized spacial score (nSPS) is 14.1. The summed E-state index contributed by atoms with van der Waals surface area (Å²) in [6, 6.07) is 0. The molecule has 0 amide bonds. The third-order valence-corrected chi connectivity index (χ3v) is 17.6. The first kappa shape index (κ1) is 68.3. The SMILES string of the molecule is CCCCCCCCCSC(C)CC(=O)OCC(COC(=O)CC(C)SCCCCCCCCC)(COC(=O)CC(C)SCCCCCCCCC)COC(=O)CC(C)SCCCCCCCCC. The molecule has 0 aliphatic carbocycles. The van der Waals surface area contributed by atoms with Crippen molar-refractivity contribution in [3.05, 3.63) is 0 Å². The number of carbonyl (C=O) groups is 4. The van der Waals surface area contributed by atoms with Crippen molar-refractivity contribution < 1.29 is 38.1 Å². The van der Waals surface area contributed by atoms with Crippen LogP contribution in [-0.2, 0) is 38.1 Å². The topological polar surface area (TPSA) is 105 Å². The Bertz CT molecular complexity index is 1030. The molecule has 0 radical (unpaired) electrons. The number of thioether (sulfide) groups is 4. The van der Waals surface area contributed by atoms with Crippen molar-refractivity contribution in [3.8, 4) is 0 Å². The number of ether oxygens (including phenoxy) is 4. The Morgan fingerprint density at radius 3 is 0.667 bits per heavy atom. The standard InChI is InChI=1S/C57H108O8S4/c1-9-13-17-21-25-29-33-37-66-49(5)41-53(58)62-45-57(46-63-54(59)42-50(6)67-38-34-30-26-22-18-14-10-2,47-64-55(60)43-51(7)68-39-35-31-27-23-19-15-11-3)48-65-56(61)44-52(8)69-40-36-32-28-24-20-16-12-4/h49-52H,9-48H2,1-8H3. The molecule has 0 aliphatic rings. The van der Waals surface area contributed by atoms with Crippen LogP contribution in [0.15, 0.2) is 0 Å². The van der Waals surface area contributed by atoms with Gasteiger partial charge in [-0.05, 0) is 48.7 Å². The molecule has 0 aromatic carbocycles. The Labute approximate surface area is 443 Å². The number of carbonyl (C=O) groups excluding carboxylic acids is 4. The fourth-order valence-corrected chi connectivity index (χ4v) is 12.1. The Hall–Kier alpha value is -0.720. The lowest BCUT2D eigenvalue weighted by molar-refractivity contribution is -0.170. The molecular formula is C57H108O8S4. The molecule has 0 aliphatic heterocycles. The van der Waals surface area contributed by atoms with Crippen molar-refractivity contribution in [1.82, 2.24) is 0 Å². The average Bonchev–Trinajstić information content (AvgIpc) is 3.31. The molecular weight excluding hydrogens is 941 g/mol. The van der Waals surface area contributed by atoms with Crippen LogP contribution < -0.4 is 0 Å². The third-order valence-electron chi connectivity index (χ3n) is 12.6. The lowest BCUT2D eigenvalue weighted by Gasteiger charge is -2.32. The summed E-state index contributed by atoms with van der Waals surface area (Å²) in [5.74, 6) is 2.50. The van der Waals surface area contributed by atoms with E-state index in [9.17, 15) is 19.2 Å². The first-order chi connectivity index (χ1) is 33.4. The molecule has 0 heterocycles. The van der Waals surface area contributed by atoms with Gasteiger partial charge in [0, 0.05) is 21.0 Å². The minimum absolute atomic E-state index is 0.0700. The number of esters is 4. The van der Waals surface area contributed by atoms with Crippen LogP contribution in [-0.4, -0.2) is 94.3 Å². The zero-order chi connectivity index (χ0) is 51.1. The van der Waals surface area contributed by atoms with E-state index >= 15 is 0 Å². The second kappa shape index (κ2) is 49.5. The molecule has 12 heteroatoms. The van der Waals surface area contributed by atoms with Crippen LogP contribution in [0.25, 0.3) is 0 Å². The molecule has 0 fully saturated rings. The van der Waals surface area contributed by atoms with Gasteiger partial charge in [0.15, 0.2) is 0 Å². The van der Waals surface area contributed by atoms with Gasteiger partial charge in [-0.15, -0.1) is 0 Å². The first-order valence-electron chi connectivity index (χ1n) is 28.5. The molecule has 0 saturated carbocycles. The number of unbranched alkanes of at least 4 members (excludes halogenated alkanes) is 24. The van der Waals surface area contributed by atoms with Crippen LogP contribution in [0.4, 0.5) is 0 Å². The van der Waals surface area contributed by atoms with E-state index in [4.69, 9.17) is 18.9 Å². The van der Waals surface area contributed by atoms with E-state index in [2.05, 4.69) is 55.4 Å². The van der Waals surface area contributed by atoms with Gasteiger partial charge < -0.3 is 18.9 Å². The van der Waals surface area contributed by atoms with E-state index in [1.54, 1.807) is 47.0 Å². The molecule has 0 aromatic rings. The second-order valence-electron chi connectivity index (χ2n) is 20.2. The summed E-state index contributed by atoms with van der Waals surface area (Å²) < 4.78 is 23.9. The number of rotatable bonds is 52. The fraction of sp³-hybridized carbons (Fsp3) is 0.930. The minimum atomic E-state index is -1.26. The Morgan fingerprint density at radius 1 is 0.304 bits per heavy atom. The molecule has 0 N–H and O–H groups in total. The summed E-state index contributed by atoms with van der Waals surface area (Å²) in [5, 5.41) is 0.280. The highest BCUT2D eigenvalue weighted by Crippen LogP contribution is 2.27. The van der Waals surface area contributed by atoms with Gasteiger partial charge in [-0.25, -0.2) is 0 Å². The monoisotopic (exact) mass is 1050 g/mol. The van der Waals surface area contributed by atoms with E-state index in [1.165, 1.54) is 154 Å². The van der Waals surface area contributed by atoms with Crippen LogP contribution in [0, 0.1) is 5.41 Å². The highest BCUT2D eigenvalue weighted by atomic mass is 32.2. The van der Waals surface area contributed by atoms with Gasteiger partial charge in [0.2, 0.25) is 0 Å². The predicted molar refractivity (Wildman–Crippen MR) is 304 cm³/mol. The highest BCUT2D eigenvalue weighted by Gasteiger charge is 2.38. The third kappa shape index (κ3) is 45.6. The molecule has 0 saturated heterocycles. The Morgan fingerprint density at radius 2 is 0.478 bits per heavy atom. The largest absolute Gasteiger partial charge is 0.465 e. The summed E-state index contributed by atoms with van der Waals surface area (Å²) >= 11 is 7.15. The van der Waals surface area contributed by atoms with E-state index < -0.39 is 5.41 Å². The van der Waals surface area contributed by atoms with Crippen LogP contribution >= 0.6 is 47.0 Å². The average molecular weight is 1050 g/mol. The van der Waals surface area contributed by atoms with E-state index in [-0.39, 0.29) is 97.0 Å². The maximum Gasteiger partial charge on any atom is 0.306 e. The van der Waals surface area contributed by atoms with Gasteiger partial charge in [0.05, 0.1) is 25.7 Å². The lowest BCUT2D eigenvalue weighted by Crippen LogP contribution is -2.44. The van der Waals surface area contributed by atoms with Crippen molar-refractivity contribution in [3.63, 3.8) is 0 Å². The van der Waals surface area contributed by atoms with Crippen molar-refractivity contribution in [2.24, 2.45) is 5.41 Å².